The van der Waals surface area contributed by atoms with Gasteiger partial charge in [-0.05, 0) is 47.0 Å². The van der Waals surface area contributed by atoms with Gasteiger partial charge in [0, 0.05) is 11.1 Å². The summed E-state index contributed by atoms with van der Waals surface area (Å²) in [6, 6.07) is 20.4. The zero-order chi connectivity index (χ0) is 21.1. The van der Waals surface area contributed by atoms with Crippen LogP contribution in [0.3, 0.4) is 0 Å². The summed E-state index contributed by atoms with van der Waals surface area (Å²) in [6.45, 7) is -0.339. The second-order valence-electron chi connectivity index (χ2n) is 6.62. The predicted molar refractivity (Wildman–Crippen MR) is 118 cm³/mol. The van der Waals surface area contributed by atoms with Crippen molar-refractivity contribution in [3.63, 3.8) is 0 Å². The summed E-state index contributed by atoms with van der Waals surface area (Å²) >= 11 is 0.825. The van der Waals surface area contributed by atoms with Crippen molar-refractivity contribution < 1.29 is 19.1 Å². The van der Waals surface area contributed by atoms with Crippen LogP contribution in [0.4, 0.5) is 10.5 Å². The first-order valence-electron chi connectivity index (χ1n) is 9.22. The molecule has 1 fully saturated rings. The highest BCUT2D eigenvalue weighted by atomic mass is 32.2. The number of ether oxygens (including phenoxy) is 1. The maximum absolute atomic E-state index is 12.7. The number of carbonyl (C=O) groups is 3. The molecule has 3 amide bonds. The van der Waals surface area contributed by atoms with E-state index in [1.165, 1.54) is 0 Å². The zero-order valence-corrected chi connectivity index (χ0v) is 16.9. The fraction of sp³-hybridized carbons (Fsp3) is 0.0870. The molecular formula is C23H18N2O4S. The summed E-state index contributed by atoms with van der Waals surface area (Å²) in [7, 11) is 1.57. The molecule has 3 aromatic rings. The molecule has 150 valence electrons. The third-order valence-electron chi connectivity index (χ3n) is 4.65. The Labute approximate surface area is 177 Å². The van der Waals surface area contributed by atoms with Gasteiger partial charge in [-0.3, -0.25) is 19.3 Å². The van der Waals surface area contributed by atoms with Gasteiger partial charge in [0.25, 0.3) is 11.1 Å². The number of imide groups is 1. The highest BCUT2D eigenvalue weighted by Crippen LogP contribution is 2.32. The summed E-state index contributed by atoms with van der Waals surface area (Å²) in [4.78, 5) is 38.7. The van der Waals surface area contributed by atoms with Crippen LogP contribution in [-0.4, -0.2) is 35.6 Å². The summed E-state index contributed by atoms with van der Waals surface area (Å²) in [5.41, 5.74) is 1.40. The van der Waals surface area contributed by atoms with Crippen molar-refractivity contribution in [3.8, 4) is 5.75 Å². The van der Waals surface area contributed by atoms with Crippen molar-refractivity contribution >= 4 is 51.4 Å². The average Bonchev–Trinajstić information content (AvgIpc) is 3.02. The lowest BCUT2D eigenvalue weighted by atomic mass is 10.1. The van der Waals surface area contributed by atoms with Crippen LogP contribution in [0.5, 0.6) is 5.75 Å². The minimum atomic E-state index is -0.478. The number of fused-ring (bicyclic) bond motifs is 1. The van der Waals surface area contributed by atoms with Gasteiger partial charge in [0.05, 0.1) is 12.0 Å². The van der Waals surface area contributed by atoms with Gasteiger partial charge < -0.3 is 10.1 Å². The van der Waals surface area contributed by atoms with E-state index in [1.54, 1.807) is 43.5 Å². The van der Waals surface area contributed by atoms with Gasteiger partial charge in [0.2, 0.25) is 5.91 Å². The van der Waals surface area contributed by atoms with Gasteiger partial charge >= 0.3 is 0 Å². The lowest BCUT2D eigenvalue weighted by Crippen LogP contribution is -2.36. The Balaban J connectivity index is 1.47. The molecule has 1 aliphatic heterocycles. The molecule has 4 rings (SSSR count). The number of methoxy groups -OCH3 is 1. The first-order valence-corrected chi connectivity index (χ1v) is 10.0. The fourth-order valence-corrected chi connectivity index (χ4v) is 3.99. The summed E-state index contributed by atoms with van der Waals surface area (Å²) < 4.78 is 5.11. The number of thioether (sulfide) groups is 1. The van der Waals surface area contributed by atoms with Gasteiger partial charge in [0.15, 0.2) is 0 Å². The van der Waals surface area contributed by atoms with Crippen LogP contribution in [0.2, 0.25) is 0 Å². The third-order valence-corrected chi connectivity index (χ3v) is 5.56. The number of hydrogen-bond donors (Lipinski definition) is 1. The minimum absolute atomic E-state index is 0.281. The smallest absolute Gasteiger partial charge is 0.294 e. The van der Waals surface area contributed by atoms with E-state index in [1.807, 2.05) is 36.4 Å². The molecule has 6 nitrogen and oxygen atoms in total. The average molecular weight is 418 g/mol. The van der Waals surface area contributed by atoms with E-state index in [9.17, 15) is 14.4 Å². The van der Waals surface area contributed by atoms with E-state index in [0.717, 1.165) is 33.0 Å². The van der Waals surface area contributed by atoms with Crippen molar-refractivity contribution in [1.29, 1.82) is 0 Å². The van der Waals surface area contributed by atoms with Crippen LogP contribution < -0.4 is 10.1 Å². The van der Waals surface area contributed by atoms with Gasteiger partial charge in [0.1, 0.15) is 12.3 Å². The lowest BCUT2D eigenvalue weighted by Gasteiger charge is -2.13. The van der Waals surface area contributed by atoms with E-state index in [0.29, 0.717) is 11.4 Å². The minimum Gasteiger partial charge on any atom is -0.497 e. The van der Waals surface area contributed by atoms with Crippen LogP contribution in [0.25, 0.3) is 16.8 Å². The molecule has 0 atom stereocenters. The molecule has 1 saturated heterocycles. The fourth-order valence-electron chi connectivity index (χ4n) is 3.16. The Morgan fingerprint density at radius 3 is 2.53 bits per heavy atom. The second kappa shape index (κ2) is 8.42. The molecule has 0 radical (unpaired) electrons. The molecule has 1 N–H and O–H groups in total. The molecule has 30 heavy (non-hydrogen) atoms. The Bertz CT molecular complexity index is 1170. The molecule has 0 aromatic heterocycles. The van der Waals surface area contributed by atoms with E-state index >= 15 is 0 Å². The molecule has 1 heterocycles. The van der Waals surface area contributed by atoms with Crippen LogP contribution in [0.1, 0.15) is 5.56 Å². The number of carbonyl (C=O) groups excluding carboxylic acids is 3. The Kier molecular flexibility index (Phi) is 5.54. The highest BCUT2D eigenvalue weighted by molar-refractivity contribution is 8.18. The van der Waals surface area contributed by atoms with E-state index < -0.39 is 17.1 Å². The summed E-state index contributed by atoms with van der Waals surface area (Å²) in [6.07, 6.45) is 1.63. The Morgan fingerprint density at radius 2 is 1.77 bits per heavy atom. The van der Waals surface area contributed by atoms with Crippen molar-refractivity contribution in [2.24, 2.45) is 0 Å². The maximum atomic E-state index is 12.7. The number of hydrogen-bond acceptors (Lipinski definition) is 5. The monoisotopic (exact) mass is 418 g/mol. The van der Waals surface area contributed by atoms with Crippen LogP contribution in [0, 0.1) is 0 Å². The topological polar surface area (TPSA) is 75.7 Å². The number of nitrogens with zero attached hydrogens (tertiary/aromatic N) is 1. The molecule has 7 heteroatoms. The normalized spacial score (nSPS) is 15.1. The third kappa shape index (κ3) is 4.06. The van der Waals surface area contributed by atoms with Crippen LogP contribution in [-0.2, 0) is 9.59 Å². The molecule has 0 aliphatic carbocycles. The van der Waals surface area contributed by atoms with Crippen LogP contribution in [0.15, 0.2) is 71.6 Å². The zero-order valence-electron chi connectivity index (χ0n) is 16.1. The highest BCUT2D eigenvalue weighted by Gasteiger charge is 2.36. The van der Waals surface area contributed by atoms with Crippen molar-refractivity contribution in [1.82, 2.24) is 4.90 Å². The largest absolute Gasteiger partial charge is 0.497 e. The number of rotatable bonds is 5. The van der Waals surface area contributed by atoms with Gasteiger partial charge in [-0.15, -0.1) is 0 Å². The standard InChI is InChI=1S/C23H18N2O4S/c1-29-17-11-9-15(10-12-17)13-20-22(27)25(23(28)30-20)14-21(26)24-19-8-4-6-16-5-2-3-7-18(16)19/h2-13H,14H2,1H3,(H,24,26)/b20-13-. The van der Waals surface area contributed by atoms with Gasteiger partial charge in [-0.1, -0.05) is 48.5 Å². The number of benzene rings is 3. The van der Waals surface area contributed by atoms with E-state index in [-0.39, 0.29) is 11.4 Å². The molecule has 0 unspecified atom stereocenters. The Hall–Kier alpha value is -3.58. The molecule has 3 aromatic carbocycles. The quantitative estimate of drug-likeness (QED) is 0.617. The van der Waals surface area contributed by atoms with Crippen LogP contribution >= 0.6 is 11.8 Å². The predicted octanol–water partition coefficient (Wildman–Crippen LogP) is 4.52. The molecule has 0 spiro atoms. The molecule has 1 aliphatic rings. The van der Waals surface area contributed by atoms with Crippen molar-refractivity contribution in [2.75, 3.05) is 19.0 Å². The molecule has 0 saturated carbocycles. The SMILES string of the molecule is COc1ccc(/C=C2\SC(=O)N(CC(=O)Nc3cccc4ccccc34)C2=O)cc1. The van der Waals surface area contributed by atoms with Gasteiger partial charge in [-0.25, -0.2) is 0 Å². The maximum Gasteiger partial charge on any atom is 0.294 e. The summed E-state index contributed by atoms with van der Waals surface area (Å²) in [5, 5.41) is 4.22. The Morgan fingerprint density at radius 1 is 1.03 bits per heavy atom. The van der Waals surface area contributed by atoms with Crippen molar-refractivity contribution in [2.45, 2.75) is 0 Å². The van der Waals surface area contributed by atoms with E-state index in [4.69, 9.17) is 4.74 Å². The number of anilines is 1. The number of amides is 3. The number of nitrogens with one attached hydrogen (secondary N) is 1. The molecular weight excluding hydrogens is 400 g/mol. The molecule has 0 bridgehead atoms. The first-order chi connectivity index (χ1) is 14.5. The van der Waals surface area contributed by atoms with Gasteiger partial charge in [-0.2, -0.15) is 0 Å². The van der Waals surface area contributed by atoms with E-state index in [2.05, 4.69) is 5.32 Å². The summed E-state index contributed by atoms with van der Waals surface area (Å²) in [5.74, 6) is -0.210. The lowest BCUT2D eigenvalue weighted by molar-refractivity contribution is -0.127. The second-order valence-corrected chi connectivity index (χ2v) is 7.61. The first kappa shape index (κ1) is 19.7. The van der Waals surface area contributed by atoms with Crippen molar-refractivity contribution in [3.05, 3.63) is 77.2 Å².